The number of hydrogen-bond donors (Lipinski definition) is 3. The van der Waals surface area contributed by atoms with Crippen molar-refractivity contribution < 1.29 is 5.11 Å². The molecule has 0 amide bonds. The van der Waals surface area contributed by atoms with Crippen molar-refractivity contribution in [3.63, 3.8) is 0 Å². The smallest absolute Gasteiger partial charge is 0.179 e. The van der Waals surface area contributed by atoms with Gasteiger partial charge in [0.2, 0.25) is 0 Å². The normalized spacial score (nSPS) is 18.1. The molecule has 0 bridgehead atoms. The van der Waals surface area contributed by atoms with Crippen LogP contribution in [0.4, 0.5) is 0 Å². The van der Waals surface area contributed by atoms with Gasteiger partial charge in [0, 0.05) is 40.2 Å². The number of piperidine rings is 1. The van der Waals surface area contributed by atoms with Crippen LogP contribution in [0.3, 0.4) is 0 Å². The number of aromatic amines is 1. The van der Waals surface area contributed by atoms with Crippen LogP contribution >= 0.6 is 0 Å². The van der Waals surface area contributed by atoms with Gasteiger partial charge in [0.25, 0.3) is 0 Å². The van der Waals surface area contributed by atoms with Gasteiger partial charge in [-0.05, 0) is 59.1 Å². The predicted octanol–water partition coefficient (Wildman–Crippen LogP) is 4.03. The average molecular weight is 447 g/mol. The van der Waals surface area contributed by atoms with E-state index < -0.39 is 0 Å². The fourth-order valence-electron chi connectivity index (χ4n) is 5.30. The highest BCUT2D eigenvalue weighted by Gasteiger charge is 2.39. The van der Waals surface area contributed by atoms with Crippen LogP contribution < -0.4 is 5.32 Å². The van der Waals surface area contributed by atoms with Crippen molar-refractivity contribution >= 4 is 11.2 Å². The Bertz CT molecular complexity index is 1290. The van der Waals surface area contributed by atoms with Crippen LogP contribution in [0.15, 0.2) is 30.7 Å². The number of nitrogens with zero attached hydrogens (tertiary/aromatic N) is 6. The van der Waals surface area contributed by atoms with Gasteiger partial charge >= 0.3 is 0 Å². The minimum Gasteiger partial charge on any atom is -0.506 e. The lowest BCUT2D eigenvalue weighted by molar-refractivity contribution is 0.127. The molecule has 0 aromatic carbocycles. The maximum Gasteiger partial charge on any atom is 0.179 e. The molecule has 1 fully saturated rings. The summed E-state index contributed by atoms with van der Waals surface area (Å²) < 4.78 is 1.98. The fourth-order valence-corrected chi connectivity index (χ4v) is 5.30. The number of aromatic hydroxyl groups is 1. The summed E-state index contributed by atoms with van der Waals surface area (Å²) in [6.45, 7) is 11.0. The molecule has 1 aliphatic heterocycles. The number of hydrogen-bond acceptors (Lipinski definition) is 7. The summed E-state index contributed by atoms with van der Waals surface area (Å²) in [5, 5.41) is 30.2. The summed E-state index contributed by atoms with van der Waals surface area (Å²) in [4.78, 5) is 9.53. The maximum atomic E-state index is 10.8. The van der Waals surface area contributed by atoms with E-state index in [1.54, 1.807) is 24.7 Å². The summed E-state index contributed by atoms with van der Waals surface area (Å²) in [6, 6.07) is 3.85. The van der Waals surface area contributed by atoms with E-state index in [2.05, 4.69) is 65.4 Å². The van der Waals surface area contributed by atoms with Gasteiger partial charge in [-0.15, -0.1) is 5.10 Å². The quantitative estimate of drug-likeness (QED) is 0.433. The average Bonchev–Trinajstić information content (AvgIpc) is 3.40. The SMILES string of the molecule is CCc1nc2c(cc1-c1ncc(-c3cn[nH]c3)cc1O)nnn2C1CC(C)(C)NC(C)(C)C1. The van der Waals surface area contributed by atoms with Crippen LogP contribution in [0.5, 0.6) is 5.75 Å². The lowest BCUT2D eigenvalue weighted by Crippen LogP contribution is -2.58. The highest BCUT2D eigenvalue weighted by atomic mass is 16.3. The maximum absolute atomic E-state index is 10.8. The van der Waals surface area contributed by atoms with E-state index in [4.69, 9.17) is 4.98 Å². The summed E-state index contributed by atoms with van der Waals surface area (Å²) in [5.74, 6) is 0.0961. The highest BCUT2D eigenvalue weighted by molar-refractivity contribution is 5.81. The second-order valence-corrected chi connectivity index (χ2v) is 10.2. The van der Waals surface area contributed by atoms with E-state index in [0.717, 1.165) is 40.9 Å². The number of nitrogens with one attached hydrogen (secondary N) is 2. The molecule has 0 atom stereocenters. The molecule has 172 valence electrons. The van der Waals surface area contributed by atoms with Crippen LogP contribution in [0.1, 0.15) is 59.2 Å². The molecule has 9 heteroatoms. The molecule has 0 spiro atoms. The molecule has 4 aromatic rings. The first kappa shape index (κ1) is 21.5. The molecule has 5 heterocycles. The van der Waals surface area contributed by atoms with Gasteiger partial charge in [0.15, 0.2) is 5.65 Å². The van der Waals surface area contributed by atoms with Crippen molar-refractivity contribution in [1.29, 1.82) is 0 Å². The molecule has 5 rings (SSSR count). The first-order valence-corrected chi connectivity index (χ1v) is 11.4. The molecule has 0 saturated carbocycles. The molecule has 3 N–H and O–H groups in total. The van der Waals surface area contributed by atoms with E-state index in [9.17, 15) is 5.11 Å². The van der Waals surface area contributed by atoms with Gasteiger partial charge in [-0.1, -0.05) is 12.1 Å². The van der Waals surface area contributed by atoms with Crippen molar-refractivity contribution in [1.82, 2.24) is 40.5 Å². The van der Waals surface area contributed by atoms with Crippen LogP contribution in [0.25, 0.3) is 33.5 Å². The lowest BCUT2D eigenvalue weighted by atomic mass is 9.79. The Labute approximate surface area is 192 Å². The topological polar surface area (TPSA) is 117 Å². The summed E-state index contributed by atoms with van der Waals surface area (Å²) in [7, 11) is 0. The van der Waals surface area contributed by atoms with E-state index in [1.165, 1.54) is 0 Å². The van der Waals surface area contributed by atoms with Gasteiger partial charge in [0.1, 0.15) is 17.0 Å². The number of fused-ring (bicyclic) bond motifs is 1. The van der Waals surface area contributed by atoms with Crippen molar-refractivity contribution in [3.05, 3.63) is 36.4 Å². The summed E-state index contributed by atoms with van der Waals surface area (Å²) >= 11 is 0. The second kappa shape index (κ2) is 7.62. The van der Waals surface area contributed by atoms with Crippen LogP contribution in [-0.4, -0.2) is 51.3 Å². The van der Waals surface area contributed by atoms with E-state index in [-0.39, 0.29) is 22.9 Å². The molecule has 0 unspecified atom stereocenters. The molecule has 4 aromatic heterocycles. The van der Waals surface area contributed by atoms with Crippen molar-refractivity contribution in [2.75, 3.05) is 0 Å². The second-order valence-electron chi connectivity index (χ2n) is 10.2. The zero-order valence-corrected chi connectivity index (χ0v) is 19.7. The molecule has 1 saturated heterocycles. The van der Waals surface area contributed by atoms with E-state index in [0.29, 0.717) is 17.6 Å². The minimum atomic E-state index is -0.00927. The Morgan fingerprint density at radius 2 is 1.85 bits per heavy atom. The lowest BCUT2D eigenvalue weighted by Gasteiger charge is -2.46. The van der Waals surface area contributed by atoms with Crippen LogP contribution in [-0.2, 0) is 6.42 Å². The van der Waals surface area contributed by atoms with Crippen LogP contribution in [0.2, 0.25) is 0 Å². The molecule has 1 aliphatic rings. The standard InChI is InChI=1S/C24H30N8O/c1-6-18-17(21-20(33)7-14(11-25-21)15-12-26-27-13-15)8-19-22(28-18)32(31-29-19)16-9-23(2,3)30-24(4,5)10-16/h7-8,11-13,16,30,33H,6,9-10H2,1-5H3,(H,26,27). The van der Waals surface area contributed by atoms with Gasteiger partial charge in [-0.25, -0.2) is 9.67 Å². The molecule has 33 heavy (non-hydrogen) atoms. The Morgan fingerprint density at radius 1 is 1.09 bits per heavy atom. The summed E-state index contributed by atoms with van der Waals surface area (Å²) in [5.41, 5.74) is 5.25. The molecular formula is C24H30N8O. The van der Waals surface area contributed by atoms with E-state index in [1.807, 2.05) is 10.7 Å². The van der Waals surface area contributed by atoms with Gasteiger partial charge in [0.05, 0.1) is 17.9 Å². The third-order valence-corrected chi connectivity index (χ3v) is 6.33. The Hall–Kier alpha value is -3.33. The molecular weight excluding hydrogens is 416 g/mol. The van der Waals surface area contributed by atoms with Crippen molar-refractivity contribution in [2.45, 2.75) is 71.0 Å². The van der Waals surface area contributed by atoms with Gasteiger partial charge in [-0.3, -0.25) is 10.1 Å². The third-order valence-electron chi connectivity index (χ3n) is 6.33. The number of H-pyrrole nitrogens is 1. The third kappa shape index (κ3) is 3.97. The fraction of sp³-hybridized carbons (Fsp3) is 0.458. The minimum absolute atomic E-state index is 0.00927. The number of aryl methyl sites for hydroxylation is 1. The molecule has 0 aliphatic carbocycles. The molecule has 9 nitrogen and oxygen atoms in total. The first-order valence-electron chi connectivity index (χ1n) is 11.4. The highest BCUT2D eigenvalue weighted by Crippen LogP contribution is 2.38. The van der Waals surface area contributed by atoms with Gasteiger partial charge < -0.3 is 10.4 Å². The first-order chi connectivity index (χ1) is 15.7. The number of aromatic nitrogens is 7. The summed E-state index contributed by atoms with van der Waals surface area (Å²) in [6.07, 6.45) is 7.78. The van der Waals surface area contributed by atoms with Crippen LogP contribution in [0, 0.1) is 0 Å². The Kier molecular flexibility index (Phi) is 4.97. The van der Waals surface area contributed by atoms with E-state index >= 15 is 0 Å². The van der Waals surface area contributed by atoms with Crippen molar-refractivity contribution in [3.8, 4) is 28.1 Å². The zero-order valence-electron chi connectivity index (χ0n) is 19.7. The monoisotopic (exact) mass is 446 g/mol. The predicted molar refractivity (Wildman–Crippen MR) is 127 cm³/mol. The largest absolute Gasteiger partial charge is 0.506 e. The zero-order chi connectivity index (χ0) is 23.4. The molecule has 0 radical (unpaired) electrons. The van der Waals surface area contributed by atoms with Crippen molar-refractivity contribution in [2.24, 2.45) is 0 Å². The number of rotatable bonds is 4. The number of pyridine rings is 2. The Morgan fingerprint density at radius 3 is 2.48 bits per heavy atom. The Balaban J connectivity index is 1.57. The van der Waals surface area contributed by atoms with Gasteiger partial charge in [-0.2, -0.15) is 5.10 Å².